The SMILES string of the molecule is O=C(O)C(COCc1ccccc1)(Cc1cccc(-c2ccccc2)c1)[C@H]1CCNC1. The van der Waals surface area contributed by atoms with Crippen molar-refractivity contribution in [3.05, 3.63) is 96.1 Å². The molecule has 4 rings (SSSR count). The molecule has 1 unspecified atom stereocenters. The summed E-state index contributed by atoms with van der Waals surface area (Å²) in [4.78, 5) is 12.7. The van der Waals surface area contributed by atoms with Gasteiger partial charge in [-0.15, -0.1) is 0 Å². The normalized spacial score (nSPS) is 17.9. The fourth-order valence-electron chi connectivity index (χ4n) is 4.53. The van der Waals surface area contributed by atoms with Gasteiger partial charge in [-0.1, -0.05) is 84.9 Å². The Bertz CT molecular complexity index is 984. The molecule has 31 heavy (non-hydrogen) atoms. The topological polar surface area (TPSA) is 58.6 Å². The Morgan fingerprint density at radius 1 is 0.935 bits per heavy atom. The van der Waals surface area contributed by atoms with Crippen molar-refractivity contribution in [2.75, 3.05) is 19.7 Å². The molecule has 1 aliphatic rings. The second kappa shape index (κ2) is 9.90. The Hall–Kier alpha value is -2.95. The summed E-state index contributed by atoms with van der Waals surface area (Å²) in [6.45, 7) is 2.17. The number of carboxylic acids is 1. The van der Waals surface area contributed by atoms with Gasteiger partial charge >= 0.3 is 5.97 Å². The number of carbonyl (C=O) groups is 1. The fraction of sp³-hybridized carbons (Fsp3) is 0.296. The van der Waals surface area contributed by atoms with Gasteiger partial charge in [-0.2, -0.15) is 0 Å². The predicted octanol–water partition coefficient (Wildman–Crippen LogP) is 4.79. The Labute approximate surface area is 183 Å². The van der Waals surface area contributed by atoms with Crippen LogP contribution in [0.5, 0.6) is 0 Å². The van der Waals surface area contributed by atoms with Crippen molar-refractivity contribution in [2.24, 2.45) is 11.3 Å². The van der Waals surface area contributed by atoms with Crippen LogP contribution in [0.25, 0.3) is 11.1 Å². The van der Waals surface area contributed by atoms with Crippen molar-refractivity contribution in [1.82, 2.24) is 5.32 Å². The second-order valence-electron chi connectivity index (χ2n) is 8.37. The molecule has 0 bridgehead atoms. The number of carboxylic acid groups (broad SMARTS) is 1. The number of hydrogen-bond donors (Lipinski definition) is 2. The lowest BCUT2D eigenvalue weighted by molar-refractivity contribution is -0.158. The van der Waals surface area contributed by atoms with Crippen LogP contribution >= 0.6 is 0 Å². The van der Waals surface area contributed by atoms with Gasteiger partial charge in [0.2, 0.25) is 0 Å². The molecule has 0 aliphatic carbocycles. The molecule has 1 aliphatic heterocycles. The average molecular weight is 416 g/mol. The lowest BCUT2D eigenvalue weighted by Gasteiger charge is -2.35. The van der Waals surface area contributed by atoms with E-state index in [9.17, 15) is 9.90 Å². The lowest BCUT2D eigenvalue weighted by atomic mass is 9.71. The van der Waals surface area contributed by atoms with E-state index in [4.69, 9.17) is 4.74 Å². The maximum absolute atomic E-state index is 12.7. The minimum Gasteiger partial charge on any atom is -0.481 e. The molecule has 3 aromatic rings. The van der Waals surface area contributed by atoms with Gasteiger partial charge in [-0.3, -0.25) is 4.79 Å². The minimum atomic E-state index is -0.965. The lowest BCUT2D eigenvalue weighted by Crippen LogP contribution is -2.45. The average Bonchev–Trinajstić information content (AvgIpc) is 3.35. The van der Waals surface area contributed by atoms with E-state index in [2.05, 4.69) is 29.6 Å². The number of hydrogen-bond acceptors (Lipinski definition) is 3. The number of nitrogens with one attached hydrogen (secondary N) is 1. The van der Waals surface area contributed by atoms with Crippen LogP contribution in [-0.2, 0) is 22.6 Å². The van der Waals surface area contributed by atoms with Crippen LogP contribution in [0.1, 0.15) is 17.5 Å². The molecule has 2 atom stereocenters. The summed E-state index contributed by atoms with van der Waals surface area (Å²) in [5.41, 5.74) is 3.35. The number of rotatable bonds is 9. The van der Waals surface area contributed by atoms with Gasteiger partial charge in [0.15, 0.2) is 0 Å². The second-order valence-corrected chi connectivity index (χ2v) is 8.37. The van der Waals surface area contributed by atoms with Gasteiger partial charge in [0.1, 0.15) is 0 Å². The Morgan fingerprint density at radius 3 is 2.29 bits per heavy atom. The molecule has 1 saturated heterocycles. The molecule has 1 heterocycles. The summed E-state index contributed by atoms with van der Waals surface area (Å²) in [5, 5.41) is 13.8. The molecule has 0 amide bonds. The molecule has 3 aromatic carbocycles. The maximum atomic E-state index is 12.7. The van der Waals surface area contributed by atoms with Gasteiger partial charge < -0.3 is 15.2 Å². The molecule has 0 saturated carbocycles. The molecular formula is C27H29NO3. The third kappa shape index (κ3) is 5.04. The first-order chi connectivity index (χ1) is 15.2. The van der Waals surface area contributed by atoms with Gasteiger partial charge in [0, 0.05) is 0 Å². The van der Waals surface area contributed by atoms with Gasteiger partial charge in [0.25, 0.3) is 0 Å². The van der Waals surface area contributed by atoms with E-state index < -0.39 is 11.4 Å². The summed E-state index contributed by atoms with van der Waals surface area (Å²) in [5.74, 6) is -0.750. The summed E-state index contributed by atoms with van der Waals surface area (Å²) >= 11 is 0. The van der Waals surface area contributed by atoms with Crippen molar-refractivity contribution in [3.8, 4) is 11.1 Å². The van der Waals surface area contributed by atoms with Crippen molar-refractivity contribution in [3.63, 3.8) is 0 Å². The van der Waals surface area contributed by atoms with Crippen LogP contribution in [0.2, 0.25) is 0 Å². The van der Waals surface area contributed by atoms with Crippen molar-refractivity contribution >= 4 is 5.97 Å². The van der Waals surface area contributed by atoms with Crippen LogP contribution in [-0.4, -0.2) is 30.8 Å². The van der Waals surface area contributed by atoms with E-state index in [1.165, 1.54) is 0 Å². The first-order valence-corrected chi connectivity index (χ1v) is 10.9. The fourth-order valence-corrected chi connectivity index (χ4v) is 4.53. The molecule has 160 valence electrons. The zero-order chi connectivity index (χ0) is 21.5. The number of aliphatic carboxylic acids is 1. The summed E-state index contributed by atoms with van der Waals surface area (Å²) < 4.78 is 6.04. The van der Waals surface area contributed by atoms with Crippen LogP contribution in [0, 0.1) is 11.3 Å². The quantitative estimate of drug-likeness (QED) is 0.527. The summed E-state index contributed by atoms with van der Waals surface area (Å²) in [7, 11) is 0. The molecule has 0 aromatic heterocycles. The molecule has 4 heteroatoms. The van der Waals surface area contributed by atoms with Gasteiger partial charge in [0.05, 0.1) is 18.6 Å². The maximum Gasteiger partial charge on any atom is 0.312 e. The number of ether oxygens (including phenoxy) is 1. The van der Waals surface area contributed by atoms with Crippen molar-refractivity contribution < 1.29 is 14.6 Å². The molecule has 0 radical (unpaired) electrons. The first-order valence-electron chi connectivity index (χ1n) is 10.9. The molecular weight excluding hydrogens is 386 g/mol. The highest BCUT2D eigenvalue weighted by atomic mass is 16.5. The minimum absolute atomic E-state index is 0.0288. The standard InChI is InChI=1S/C27H29NO3/c29-26(30)27(25-14-15-28-18-25,20-31-19-21-8-3-1-4-9-21)17-22-10-7-13-24(16-22)23-11-5-2-6-12-23/h1-13,16,25,28H,14-15,17-20H2,(H,29,30)/t25-,27?/m0/s1. The third-order valence-corrected chi connectivity index (χ3v) is 6.29. The Morgan fingerprint density at radius 2 is 1.61 bits per heavy atom. The van der Waals surface area contributed by atoms with Crippen molar-refractivity contribution in [2.45, 2.75) is 19.4 Å². The van der Waals surface area contributed by atoms with Gasteiger partial charge in [-0.05, 0) is 54.1 Å². The number of benzene rings is 3. The third-order valence-electron chi connectivity index (χ3n) is 6.29. The largest absolute Gasteiger partial charge is 0.481 e. The highest BCUT2D eigenvalue weighted by Crippen LogP contribution is 2.38. The van der Waals surface area contributed by atoms with E-state index in [1.54, 1.807) is 0 Å². The monoisotopic (exact) mass is 415 g/mol. The summed E-state index contributed by atoms with van der Waals surface area (Å²) in [6.07, 6.45) is 1.30. The smallest absolute Gasteiger partial charge is 0.312 e. The highest BCUT2D eigenvalue weighted by Gasteiger charge is 2.47. The van der Waals surface area contributed by atoms with E-state index >= 15 is 0 Å². The molecule has 4 nitrogen and oxygen atoms in total. The van der Waals surface area contributed by atoms with Crippen LogP contribution < -0.4 is 5.32 Å². The zero-order valence-corrected chi connectivity index (χ0v) is 17.7. The van der Waals surface area contributed by atoms with E-state index in [-0.39, 0.29) is 12.5 Å². The molecule has 1 fully saturated rings. The Balaban J connectivity index is 1.59. The van der Waals surface area contributed by atoms with Crippen molar-refractivity contribution in [1.29, 1.82) is 0 Å². The first kappa shape index (κ1) is 21.3. The molecule has 0 spiro atoms. The van der Waals surface area contributed by atoms with E-state index in [1.807, 2.05) is 60.7 Å². The van der Waals surface area contributed by atoms with Crippen LogP contribution in [0.3, 0.4) is 0 Å². The van der Waals surface area contributed by atoms with E-state index in [0.29, 0.717) is 19.6 Å². The Kier molecular flexibility index (Phi) is 6.80. The predicted molar refractivity (Wildman–Crippen MR) is 123 cm³/mol. The van der Waals surface area contributed by atoms with Gasteiger partial charge in [-0.25, -0.2) is 0 Å². The zero-order valence-electron chi connectivity index (χ0n) is 17.7. The van der Waals surface area contributed by atoms with Crippen LogP contribution in [0.15, 0.2) is 84.9 Å². The molecule has 2 N–H and O–H groups in total. The summed E-state index contributed by atoms with van der Waals surface area (Å²) in [6, 6.07) is 28.3. The van der Waals surface area contributed by atoms with Crippen LogP contribution in [0.4, 0.5) is 0 Å². The van der Waals surface area contributed by atoms with E-state index in [0.717, 1.165) is 35.2 Å². The highest BCUT2D eigenvalue weighted by molar-refractivity contribution is 5.76.